The zero-order chi connectivity index (χ0) is 31.9. The van der Waals surface area contributed by atoms with E-state index in [-0.39, 0.29) is 36.8 Å². The molecule has 234 valence electrons. The number of aryl methyl sites for hydroxylation is 1. The molecule has 0 aliphatic heterocycles. The lowest BCUT2D eigenvalue weighted by molar-refractivity contribution is -0.139. The zero-order valence-electron chi connectivity index (χ0n) is 24.3. The number of nitrogens with two attached hydrogens (primary N) is 2. The fraction of sp³-hybridized carbons (Fsp3) is 0.519. The number of guanidine groups is 1. The Morgan fingerprint density at radius 2 is 1.71 bits per heavy atom. The van der Waals surface area contributed by atoms with Crippen LogP contribution in [0.4, 0.5) is 0 Å². The average Bonchev–Trinajstić information content (AvgIpc) is 2.91. The fourth-order valence-electron chi connectivity index (χ4n) is 3.69. The molecule has 0 heterocycles. The summed E-state index contributed by atoms with van der Waals surface area (Å²) in [5.74, 6) is -4.00. The van der Waals surface area contributed by atoms with Crippen LogP contribution in [-0.4, -0.2) is 74.5 Å². The number of benzene rings is 1. The smallest absolute Gasteiger partial charge is 0.330 e. The Morgan fingerprint density at radius 3 is 2.26 bits per heavy atom. The molecule has 4 atom stereocenters. The number of aliphatic imine (C=N–C) groups is 1. The molecule has 0 radical (unpaired) electrons. The first kappa shape index (κ1) is 36.0. The van der Waals surface area contributed by atoms with Crippen molar-refractivity contribution in [3.05, 3.63) is 42.0 Å². The van der Waals surface area contributed by atoms with E-state index in [4.69, 9.17) is 16.2 Å². The second kappa shape index (κ2) is 17.7. The first-order valence-corrected chi connectivity index (χ1v) is 15.0. The molecule has 0 saturated carbocycles. The molecule has 0 spiro atoms. The van der Waals surface area contributed by atoms with Crippen LogP contribution in [0.5, 0.6) is 0 Å². The summed E-state index contributed by atoms with van der Waals surface area (Å²) in [6, 6.07) is 2.54. The lowest BCUT2D eigenvalue weighted by Gasteiger charge is -2.27. The van der Waals surface area contributed by atoms with Crippen molar-refractivity contribution in [1.82, 2.24) is 15.4 Å². The van der Waals surface area contributed by atoms with Gasteiger partial charge in [0.15, 0.2) is 5.96 Å². The number of aliphatic carboxylic acids is 1. The van der Waals surface area contributed by atoms with Crippen LogP contribution < -0.4 is 26.8 Å². The first-order chi connectivity index (χ1) is 19.7. The number of carbonyl (C=O) groups excluding carboxylic acids is 3. The molecule has 14 nitrogen and oxygen atoms in total. The van der Waals surface area contributed by atoms with Crippen molar-refractivity contribution in [3.8, 4) is 0 Å². The van der Waals surface area contributed by atoms with Crippen LogP contribution >= 0.6 is 0 Å². The van der Waals surface area contributed by atoms with Gasteiger partial charge >= 0.3 is 11.9 Å². The van der Waals surface area contributed by atoms with Crippen molar-refractivity contribution in [2.45, 2.75) is 76.4 Å². The maximum atomic E-state index is 13.4. The van der Waals surface area contributed by atoms with E-state index in [1.165, 1.54) is 18.2 Å². The highest BCUT2D eigenvalue weighted by Crippen LogP contribution is 2.14. The molecule has 42 heavy (non-hydrogen) atoms. The lowest BCUT2D eigenvalue weighted by atomic mass is 9.97. The summed E-state index contributed by atoms with van der Waals surface area (Å²) in [5, 5.41) is 14.4. The summed E-state index contributed by atoms with van der Waals surface area (Å²) in [7, 11) is -4.12. The second-order valence-corrected chi connectivity index (χ2v) is 11.3. The fourth-order valence-corrected chi connectivity index (χ4v) is 4.92. The Bertz CT molecular complexity index is 1230. The maximum Gasteiger partial charge on any atom is 0.330 e. The molecular formula is C27H42N6O8S. The van der Waals surface area contributed by atoms with Crippen molar-refractivity contribution in [2.24, 2.45) is 22.4 Å². The molecule has 0 saturated heterocycles. The summed E-state index contributed by atoms with van der Waals surface area (Å²) < 4.78 is 33.4. The van der Waals surface area contributed by atoms with Gasteiger partial charge in [-0.1, -0.05) is 44.0 Å². The van der Waals surface area contributed by atoms with Gasteiger partial charge in [-0.15, -0.1) is 0 Å². The topological polar surface area (TPSA) is 232 Å². The Kier molecular flexibility index (Phi) is 15.2. The minimum atomic E-state index is -4.12. The standard InChI is InChI=1S/C27H42N6O8S/c1-5-18(4)24(26(38)31-19(16-22(34)35)11-14-23(36)41-6-2)32-25(37)21(8-7-15-30-27(28)29)33-42(39,40)20-12-9-17(3)10-13-20/h9-14,18-19,21,24,33H,5-8,15-16H2,1-4H3,(H,31,38)(H,32,37)(H,34,35)(H4,28,29,30)/b14-11+/t18?,19-,21+,24+/m1/s1. The summed E-state index contributed by atoms with van der Waals surface area (Å²) in [6.45, 7) is 7.16. The molecule has 15 heteroatoms. The van der Waals surface area contributed by atoms with Crippen LogP contribution in [0.2, 0.25) is 0 Å². The average molecular weight is 611 g/mol. The minimum Gasteiger partial charge on any atom is -0.481 e. The summed E-state index contributed by atoms with van der Waals surface area (Å²) in [6.07, 6.45) is 2.37. The predicted molar refractivity (Wildman–Crippen MR) is 157 cm³/mol. The highest BCUT2D eigenvalue weighted by atomic mass is 32.2. The van der Waals surface area contributed by atoms with Crippen LogP contribution in [0.25, 0.3) is 0 Å². The van der Waals surface area contributed by atoms with Gasteiger partial charge in [0.1, 0.15) is 12.1 Å². The van der Waals surface area contributed by atoms with E-state index < -0.39 is 64.2 Å². The number of sulfonamides is 1. The van der Waals surface area contributed by atoms with Gasteiger partial charge in [0, 0.05) is 12.6 Å². The number of carbonyl (C=O) groups is 4. The third kappa shape index (κ3) is 13.1. The van der Waals surface area contributed by atoms with E-state index >= 15 is 0 Å². The molecule has 0 aromatic heterocycles. The second-order valence-electron chi connectivity index (χ2n) is 9.63. The highest BCUT2D eigenvalue weighted by Gasteiger charge is 2.32. The largest absolute Gasteiger partial charge is 0.481 e. The third-order valence-corrected chi connectivity index (χ3v) is 7.64. The number of amides is 2. The van der Waals surface area contributed by atoms with Crippen LogP contribution in [-0.2, 0) is 33.9 Å². The van der Waals surface area contributed by atoms with Crippen LogP contribution in [0.1, 0.15) is 52.0 Å². The zero-order valence-corrected chi connectivity index (χ0v) is 25.1. The molecule has 0 aliphatic rings. The number of hydrogen-bond donors (Lipinski definition) is 6. The van der Waals surface area contributed by atoms with Gasteiger partial charge in [-0.25, -0.2) is 13.2 Å². The van der Waals surface area contributed by atoms with E-state index in [1.54, 1.807) is 39.8 Å². The van der Waals surface area contributed by atoms with Gasteiger partial charge in [-0.2, -0.15) is 4.72 Å². The molecule has 1 rings (SSSR count). The molecule has 1 aromatic rings. The Balaban J connectivity index is 3.23. The molecule has 1 aromatic carbocycles. The van der Waals surface area contributed by atoms with Gasteiger partial charge < -0.3 is 31.9 Å². The molecule has 1 unspecified atom stereocenters. The van der Waals surface area contributed by atoms with Gasteiger partial charge in [-0.05, 0) is 44.7 Å². The molecule has 0 fully saturated rings. The molecular weight excluding hydrogens is 568 g/mol. The summed E-state index contributed by atoms with van der Waals surface area (Å²) in [4.78, 5) is 53.6. The molecule has 8 N–H and O–H groups in total. The Hall–Kier alpha value is -3.98. The summed E-state index contributed by atoms with van der Waals surface area (Å²) in [5.41, 5.74) is 11.6. The number of rotatable bonds is 18. The molecule has 2 amide bonds. The van der Waals surface area contributed by atoms with E-state index in [0.717, 1.165) is 11.6 Å². The van der Waals surface area contributed by atoms with Crippen LogP contribution in [0.15, 0.2) is 46.3 Å². The van der Waals surface area contributed by atoms with Crippen molar-refractivity contribution >= 4 is 39.7 Å². The lowest BCUT2D eigenvalue weighted by Crippen LogP contribution is -2.56. The van der Waals surface area contributed by atoms with Crippen LogP contribution in [0, 0.1) is 12.8 Å². The van der Waals surface area contributed by atoms with Gasteiger partial charge in [0.05, 0.1) is 24.0 Å². The highest BCUT2D eigenvalue weighted by molar-refractivity contribution is 7.89. The van der Waals surface area contributed by atoms with Gasteiger partial charge in [0.25, 0.3) is 0 Å². The molecule has 0 aliphatic carbocycles. The Labute approximate surface area is 246 Å². The van der Waals surface area contributed by atoms with E-state index in [0.29, 0.717) is 6.42 Å². The molecule has 0 bridgehead atoms. The predicted octanol–water partition coefficient (Wildman–Crippen LogP) is 0.305. The number of carboxylic acid groups (broad SMARTS) is 1. The van der Waals surface area contributed by atoms with Crippen molar-refractivity contribution < 1.29 is 37.4 Å². The van der Waals surface area contributed by atoms with Crippen molar-refractivity contribution in [1.29, 1.82) is 0 Å². The number of esters is 1. The third-order valence-electron chi connectivity index (χ3n) is 6.16. The number of carboxylic acids is 1. The Morgan fingerprint density at radius 1 is 1.07 bits per heavy atom. The maximum absolute atomic E-state index is 13.4. The normalized spacial score (nSPS) is 14.3. The minimum absolute atomic E-state index is 0.00642. The number of hydrogen-bond acceptors (Lipinski definition) is 8. The first-order valence-electron chi connectivity index (χ1n) is 13.5. The monoisotopic (exact) mass is 610 g/mol. The van der Waals surface area contributed by atoms with Crippen molar-refractivity contribution in [3.63, 3.8) is 0 Å². The van der Waals surface area contributed by atoms with Gasteiger partial charge in [0.2, 0.25) is 21.8 Å². The van der Waals surface area contributed by atoms with E-state index in [2.05, 4.69) is 20.3 Å². The van der Waals surface area contributed by atoms with E-state index in [9.17, 15) is 32.7 Å². The number of nitrogens with zero attached hydrogens (tertiary/aromatic N) is 1. The van der Waals surface area contributed by atoms with Crippen LogP contribution in [0.3, 0.4) is 0 Å². The number of ether oxygens (including phenoxy) is 1. The summed E-state index contributed by atoms with van der Waals surface area (Å²) >= 11 is 0. The SMILES string of the molecule is CCOC(=O)/C=C/[C@H](CC(=O)O)NC(=O)[C@@H](NC(=O)[C@H](CCCN=C(N)N)NS(=O)(=O)c1ccc(C)cc1)C(C)CC. The number of nitrogens with one attached hydrogen (secondary N) is 3. The van der Waals surface area contributed by atoms with E-state index in [1.807, 2.05) is 0 Å². The van der Waals surface area contributed by atoms with Crippen molar-refractivity contribution in [2.75, 3.05) is 13.2 Å². The quantitative estimate of drug-likeness (QED) is 0.0437. The van der Waals surface area contributed by atoms with Gasteiger partial charge in [-0.3, -0.25) is 19.4 Å².